The Morgan fingerprint density at radius 2 is 1.96 bits per heavy atom. The molecule has 2 heterocycles. The van der Waals surface area contributed by atoms with Crippen molar-refractivity contribution in [3.05, 3.63) is 52.9 Å². The van der Waals surface area contributed by atoms with Crippen LogP contribution in [0.5, 0.6) is 0 Å². The van der Waals surface area contributed by atoms with E-state index in [9.17, 15) is 14.0 Å². The predicted molar refractivity (Wildman–Crippen MR) is 85.6 cm³/mol. The quantitative estimate of drug-likeness (QED) is 0.636. The van der Waals surface area contributed by atoms with Gasteiger partial charge < -0.3 is 4.42 Å². The number of hydrogen-bond donors (Lipinski definition) is 0. The molecule has 0 radical (unpaired) electrons. The molecule has 1 fully saturated rings. The highest BCUT2D eigenvalue weighted by molar-refractivity contribution is 8.18. The number of terminal acetylenes is 1. The molecule has 0 atom stereocenters. The molecule has 2 amide bonds. The van der Waals surface area contributed by atoms with E-state index in [4.69, 9.17) is 10.8 Å². The first kappa shape index (κ1) is 15.1. The van der Waals surface area contributed by atoms with Crippen molar-refractivity contribution in [2.75, 3.05) is 6.54 Å². The maximum absolute atomic E-state index is 12.9. The number of nitrogens with zero attached hydrogens (tertiary/aromatic N) is 1. The minimum absolute atomic E-state index is 0.0546. The molecule has 2 aromatic rings. The Morgan fingerprint density at radius 3 is 2.65 bits per heavy atom. The first-order valence-corrected chi connectivity index (χ1v) is 7.45. The Kier molecular flexibility index (Phi) is 4.04. The van der Waals surface area contributed by atoms with Crippen molar-refractivity contribution in [1.82, 2.24) is 4.90 Å². The minimum Gasteiger partial charge on any atom is -0.457 e. The molecule has 6 heteroatoms. The van der Waals surface area contributed by atoms with Gasteiger partial charge in [-0.05, 0) is 48.2 Å². The van der Waals surface area contributed by atoms with E-state index in [1.165, 1.54) is 18.2 Å². The lowest BCUT2D eigenvalue weighted by Gasteiger charge is -2.06. The Hall–Kier alpha value is -2.78. The van der Waals surface area contributed by atoms with Crippen LogP contribution in [0.25, 0.3) is 17.4 Å². The summed E-state index contributed by atoms with van der Waals surface area (Å²) in [5.41, 5.74) is 0.714. The van der Waals surface area contributed by atoms with Gasteiger partial charge in [0, 0.05) is 11.6 Å². The zero-order chi connectivity index (χ0) is 16.4. The van der Waals surface area contributed by atoms with Crippen LogP contribution in [0, 0.1) is 18.2 Å². The van der Waals surface area contributed by atoms with E-state index in [1.807, 2.05) is 0 Å². The van der Waals surface area contributed by atoms with Crippen molar-refractivity contribution < 1.29 is 18.4 Å². The number of thioether (sulfide) groups is 1. The lowest BCUT2D eigenvalue weighted by molar-refractivity contribution is -0.122. The van der Waals surface area contributed by atoms with Crippen LogP contribution in [-0.2, 0) is 4.79 Å². The van der Waals surface area contributed by atoms with Gasteiger partial charge in [0.25, 0.3) is 11.1 Å². The SMILES string of the molecule is C#CCN1C(=O)S/C(=C/c2ccc(-c3ccc(F)cc3)o2)C1=O. The van der Waals surface area contributed by atoms with E-state index in [1.54, 1.807) is 24.3 Å². The lowest BCUT2D eigenvalue weighted by atomic mass is 10.2. The third kappa shape index (κ3) is 3.05. The fourth-order valence-electron chi connectivity index (χ4n) is 2.06. The second-order valence-electron chi connectivity index (χ2n) is 4.68. The average Bonchev–Trinajstić information content (AvgIpc) is 3.09. The Bertz CT molecular complexity index is 845. The van der Waals surface area contributed by atoms with Crippen LogP contribution in [-0.4, -0.2) is 22.6 Å². The van der Waals surface area contributed by atoms with Gasteiger partial charge in [0.1, 0.15) is 17.3 Å². The Balaban J connectivity index is 1.84. The van der Waals surface area contributed by atoms with Gasteiger partial charge in [0.2, 0.25) is 0 Å². The number of halogens is 1. The van der Waals surface area contributed by atoms with Gasteiger partial charge in [-0.15, -0.1) is 6.42 Å². The van der Waals surface area contributed by atoms with E-state index < -0.39 is 11.1 Å². The van der Waals surface area contributed by atoms with Crippen molar-refractivity contribution >= 4 is 29.0 Å². The number of hydrogen-bond acceptors (Lipinski definition) is 4. The third-order valence-corrected chi connectivity index (χ3v) is 4.06. The van der Waals surface area contributed by atoms with Gasteiger partial charge in [0.05, 0.1) is 11.4 Å². The smallest absolute Gasteiger partial charge is 0.294 e. The highest BCUT2D eigenvalue weighted by atomic mass is 32.2. The van der Waals surface area contributed by atoms with Crippen LogP contribution in [0.15, 0.2) is 45.7 Å². The topological polar surface area (TPSA) is 50.5 Å². The largest absolute Gasteiger partial charge is 0.457 e. The molecule has 4 nitrogen and oxygen atoms in total. The summed E-state index contributed by atoms with van der Waals surface area (Å²) < 4.78 is 18.5. The van der Waals surface area contributed by atoms with Crippen molar-refractivity contribution in [3.63, 3.8) is 0 Å². The number of rotatable bonds is 3. The first-order valence-electron chi connectivity index (χ1n) is 6.63. The van der Waals surface area contributed by atoms with Crippen LogP contribution >= 0.6 is 11.8 Å². The summed E-state index contributed by atoms with van der Waals surface area (Å²) in [7, 11) is 0. The molecule has 0 spiro atoms. The maximum atomic E-state index is 12.9. The van der Waals surface area contributed by atoms with Crippen LogP contribution in [0.4, 0.5) is 9.18 Å². The van der Waals surface area contributed by atoms with Gasteiger partial charge in [-0.25, -0.2) is 4.39 Å². The number of carbonyl (C=O) groups excluding carboxylic acids is 2. The molecule has 114 valence electrons. The molecule has 1 aromatic carbocycles. The summed E-state index contributed by atoms with van der Waals surface area (Å²) in [5, 5.41) is -0.399. The van der Waals surface area contributed by atoms with Crippen LogP contribution in [0.1, 0.15) is 5.76 Å². The molecule has 23 heavy (non-hydrogen) atoms. The van der Waals surface area contributed by atoms with Crippen molar-refractivity contribution in [2.24, 2.45) is 0 Å². The number of furan rings is 1. The second kappa shape index (κ2) is 6.15. The normalized spacial score (nSPS) is 16.2. The molecule has 1 saturated heterocycles. The standard InChI is InChI=1S/C17H10FNO3S/c1-2-9-19-16(20)15(23-17(19)21)10-13-7-8-14(22-13)11-3-5-12(18)6-4-11/h1,3-8,10H,9H2/b15-10+. The van der Waals surface area contributed by atoms with Crippen LogP contribution in [0.2, 0.25) is 0 Å². The van der Waals surface area contributed by atoms with E-state index in [0.717, 1.165) is 16.7 Å². The summed E-state index contributed by atoms with van der Waals surface area (Å²) in [4.78, 5) is 25.0. The summed E-state index contributed by atoms with van der Waals surface area (Å²) >= 11 is 0.817. The Labute approximate surface area is 136 Å². The van der Waals surface area contributed by atoms with E-state index >= 15 is 0 Å². The molecule has 3 rings (SSSR count). The van der Waals surface area contributed by atoms with Crippen molar-refractivity contribution in [2.45, 2.75) is 0 Å². The fourth-order valence-corrected chi connectivity index (χ4v) is 2.87. The highest BCUT2D eigenvalue weighted by Crippen LogP contribution is 2.33. The molecule has 0 saturated carbocycles. The monoisotopic (exact) mass is 327 g/mol. The van der Waals surface area contributed by atoms with Crippen molar-refractivity contribution in [3.8, 4) is 23.7 Å². The zero-order valence-corrected chi connectivity index (χ0v) is 12.6. The van der Waals surface area contributed by atoms with Gasteiger partial charge in [-0.1, -0.05) is 5.92 Å². The summed E-state index contributed by atoms with van der Waals surface area (Å²) in [6.45, 7) is -0.0546. The number of benzene rings is 1. The zero-order valence-electron chi connectivity index (χ0n) is 11.8. The van der Waals surface area contributed by atoms with Crippen LogP contribution < -0.4 is 0 Å². The first-order chi connectivity index (χ1) is 11.1. The van der Waals surface area contributed by atoms with E-state index in [2.05, 4.69) is 5.92 Å². The predicted octanol–water partition coefficient (Wildman–Crippen LogP) is 3.76. The average molecular weight is 327 g/mol. The number of imide groups is 1. The summed E-state index contributed by atoms with van der Waals surface area (Å²) in [5.74, 6) is 2.48. The Morgan fingerprint density at radius 1 is 1.22 bits per heavy atom. The van der Waals surface area contributed by atoms with Gasteiger partial charge in [-0.3, -0.25) is 14.5 Å². The summed E-state index contributed by atoms with van der Waals surface area (Å²) in [6.07, 6.45) is 6.63. The number of carbonyl (C=O) groups is 2. The van der Waals surface area contributed by atoms with E-state index in [-0.39, 0.29) is 17.3 Å². The van der Waals surface area contributed by atoms with E-state index in [0.29, 0.717) is 17.1 Å². The molecule has 1 aromatic heterocycles. The molecule has 0 aliphatic carbocycles. The highest BCUT2D eigenvalue weighted by Gasteiger charge is 2.34. The minimum atomic E-state index is -0.433. The molecule has 1 aliphatic rings. The van der Waals surface area contributed by atoms with Crippen LogP contribution in [0.3, 0.4) is 0 Å². The van der Waals surface area contributed by atoms with Gasteiger partial charge in [-0.2, -0.15) is 0 Å². The molecule has 0 bridgehead atoms. The lowest BCUT2D eigenvalue weighted by Crippen LogP contribution is -2.28. The molecule has 0 N–H and O–H groups in total. The molecular weight excluding hydrogens is 317 g/mol. The maximum Gasteiger partial charge on any atom is 0.294 e. The molecule has 0 unspecified atom stereocenters. The summed E-state index contributed by atoms with van der Waals surface area (Å²) in [6, 6.07) is 9.25. The molecule has 1 aliphatic heterocycles. The second-order valence-corrected chi connectivity index (χ2v) is 5.67. The number of amides is 2. The van der Waals surface area contributed by atoms with Gasteiger partial charge in [0.15, 0.2) is 0 Å². The molecular formula is C17H10FNO3S. The fraction of sp³-hybridized carbons (Fsp3) is 0.0588. The third-order valence-electron chi connectivity index (χ3n) is 3.15. The van der Waals surface area contributed by atoms with Crippen molar-refractivity contribution in [1.29, 1.82) is 0 Å². The van der Waals surface area contributed by atoms with Gasteiger partial charge >= 0.3 is 0 Å².